The number of likely N-dealkylation sites (N-methyl/N-ethyl adjacent to an activating group) is 3. The van der Waals surface area contributed by atoms with E-state index in [1.165, 1.54) is 50.0 Å². The van der Waals surface area contributed by atoms with E-state index in [0.29, 0.717) is 28.5 Å². The van der Waals surface area contributed by atoms with E-state index in [2.05, 4.69) is 10.6 Å². The van der Waals surface area contributed by atoms with Crippen LogP contribution >= 0.6 is 0 Å². The van der Waals surface area contributed by atoms with Crippen LogP contribution in [0.4, 0.5) is 13.2 Å². The van der Waals surface area contributed by atoms with Crippen LogP contribution in [-0.4, -0.2) is 129 Å². The van der Waals surface area contributed by atoms with Crippen LogP contribution < -0.4 is 16.4 Å². The van der Waals surface area contributed by atoms with Crippen molar-refractivity contribution in [2.45, 2.75) is 162 Å². The number of nitrogens with two attached hydrogens (primary N) is 1. The highest BCUT2D eigenvalue weighted by atomic mass is 19.4. The number of nitrogens with one attached hydrogen (secondary N) is 2. The number of ether oxygens (including phenoxy) is 1. The maximum atomic E-state index is 15.1. The van der Waals surface area contributed by atoms with Crippen molar-refractivity contribution in [3.8, 4) is 6.07 Å². The Morgan fingerprint density at radius 3 is 1.72 bits per heavy atom. The molecule has 74 heavy (non-hydrogen) atoms. The Balaban J connectivity index is 2.15. The molecule has 0 bridgehead atoms. The van der Waals surface area contributed by atoms with Crippen molar-refractivity contribution in [1.82, 2.24) is 29.9 Å². The largest absolute Gasteiger partial charge is 0.479 e. The fourth-order valence-electron chi connectivity index (χ4n) is 8.72. The molecule has 0 radical (unpaired) electrons. The standard InChI is InChI=1S/C54H77F3N8O9/c1-31(2)24-40(59)49(68)63(11)44(27-34(7)8)47(66)61-42(26-33(5)6)51(70)64(12)45(28-37-30-65(43-17-14-13-16-39(37)43)29-36-19-21-38(22-20-36)54(55,56)57)48(67)60-41(25-32(3)4)50(69)62(10)35(9)53(73)74-46(52(71)72)18-15-23-58/h13-14,16-17,19-22,30-35,40-42,44-46H,15,18,24-29,59H2,1-12H3,(H,60,67)(H,61,66)(H,71,72)/t35-,40-,41-,42-,44-,45-,46+/m0/s1. The van der Waals surface area contributed by atoms with Gasteiger partial charge >= 0.3 is 18.1 Å². The van der Waals surface area contributed by atoms with Gasteiger partial charge in [-0.1, -0.05) is 85.7 Å². The van der Waals surface area contributed by atoms with E-state index in [1.807, 2.05) is 78.2 Å². The van der Waals surface area contributed by atoms with Gasteiger partial charge in [0.15, 0.2) is 6.10 Å². The van der Waals surface area contributed by atoms with Gasteiger partial charge < -0.3 is 45.5 Å². The van der Waals surface area contributed by atoms with Gasteiger partial charge in [-0.2, -0.15) is 18.4 Å². The number of carbonyl (C=O) groups excluding carboxylic acids is 6. The summed E-state index contributed by atoms with van der Waals surface area (Å²) in [6, 6.07) is 6.66. The average Bonchev–Trinajstić information content (AvgIpc) is 3.66. The molecule has 0 fully saturated rings. The third-order valence-corrected chi connectivity index (χ3v) is 12.9. The number of nitrogens with zero attached hydrogens (tertiary/aromatic N) is 5. The molecule has 1 heterocycles. The van der Waals surface area contributed by atoms with Crippen molar-refractivity contribution in [2.24, 2.45) is 29.4 Å². The molecule has 17 nitrogen and oxygen atoms in total. The van der Waals surface area contributed by atoms with Crippen molar-refractivity contribution in [3.05, 3.63) is 71.4 Å². The predicted octanol–water partition coefficient (Wildman–Crippen LogP) is 6.53. The van der Waals surface area contributed by atoms with Crippen LogP contribution in [0.2, 0.25) is 0 Å². The molecule has 2 aromatic carbocycles. The minimum absolute atomic E-state index is 0.0519. The Morgan fingerprint density at radius 2 is 1.22 bits per heavy atom. The minimum atomic E-state index is -4.53. The maximum Gasteiger partial charge on any atom is 0.416 e. The molecule has 3 aromatic rings. The average molecular weight is 1040 g/mol. The van der Waals surface area contributed by atoms with Crippen LogP contribution in [0.3, 0.4) is 0 Å². The van der Waals surface area contributed by atoms with E-state index in [-0.39, 0.29) is 68.7 Å². The zero-order valence-corrected chi connectivity index (χ0v) is 44.9. The van der Waals surface area contributed by atoms with Gasteiger partial charge in [-0.3, -0.25) is 24.0 Å². The van der Waals surface area contributed by atoms with E-state index in [1.54, 1.807) is 18.3 Å². The minimum Gasteiger partial charge on any atom is -0.479 e. The second-order valence-corrected chi connectivity index (χ2v) is 21.0. The molecule has 7 atom stereocenters. The first-order valence-corrected chi connectivity index (χ1v) is 25.2. The number of amides is 5. The zero-order chi connectivity index (χ0) is 55.9. The molecular formula is C54H77F3N8O9. The fraction of sp³-hybridized carbons (Fsp3) is 0.593. The summed E-state index contributed by atoms with van der Waals surface area (Å²) < 4.78 is 47.4. The first-order chi connectivity index (χ1) is 34.5. The van der Waals surface area contributed by atoms with Crippen molar-refractivity contribution in [1.29, 1.82) is 5.26 Å². The van der Waals surface area contributed by atoms with Crippen molar-refractivity contribution in [3.63, 3.8) is 0 Å². The van der Waals surface area contributed by atoms with Crippen LogP contribution in [-0.2, 0) is 57.4 Å². The number of carbonyl (C=O) groups is 7. The molecule has 20 heteroatoms. The van der Waals surface area contributed by atoms with E-state index < -0.39 is 95.6 Å². The summed E-state index contributed by atoms with van der Waals surface area (Å²) in [4.78, 5) is 101. The molecule has 408 valence electrons. The molecule has 0 saturated heterocycles. The highest BCUT2D eigenvalue weighted by molar-refractivity contribution is 5.97. The normalized spacial score (nSPS) is 14.6. The number of para-hydroxylation sites is 1. The van der Waals surface area contributed by atoms with E-state index in [9.17, 15) is 42.3 Å². The molecule has 0 aliphatic rings. The van der Waals surface area contributed by atoms with Crippen LogP contribution in [0.25, 0.3) is 10.9 Å². The topological polar surface area (TPSA) is 237 Å². The molecule has 3 rings (SSSR count). The first kappa shape index (κ1) is 61.8. The van der Waals surface area contributed by atoms with Crippen LogP contribution in [0.15, 0.2) is 54.7 Å². The number of carboxylic acid groups (broad SMARTS) is 1. The maximum absolute atomic E-state index is 15.1. The lowest BCUT2D eigenvalue weighted by Crippen LogP contribution is -2.60. The number of alkyl halides is 3. The number of aliphatic carboxylic acids is 1. The summed E-state index contributed by atoms with van der Waals surface area (Å²) in [6.07, 6.45) is -4.24. The Hall–Kier alpha value is -6.49. The van der Waals surface area contributed by atoms with Crippen molar-refractivity contribution in [2.75, 3.05) is 21.1 Å². The highest BCUT2D eigenvalue weighted by Gasteiger charge is 2.39. The fourth-order valence-corrected chi connectivity index (χ4v) is 8.72. The molecular weight excluding hydrogens is 962 g/mol. The Labute approximate surface area is 433 Å². The lowest BCUT2D eigenvalue weighted by Gasteiger charge is -2.35. The number of esters is 1. The molecule has 0 saturated carbocycles. The van der Waals surface area contributed by atoms with Gasteiger partial charge in [0, 0.05) is 64.1 Å². The quantitative estimate of drug-likeness (QED) is 0.0599. The third kappa shape index (κ3) is 17.6. The number of aromatic nitrogens is 1. The highest BCUT2D eigenvalue weighted by Crippen LogP contribution is 2.30. The molecule has 0 spiro atoms. The molecule has 0 unspecified atom stereocenters. The van der Waals surface area contributed by atoms with E-state index >= 15 is 9.59 Å². The van der Waals surface area contributed by atoms with Crippen LogP contribution in [0, 0.1) is 35.0 Å². The summed E-state index contributed by atoms with van der Waals surface area (Å²) in [5.41, 5.74) is 7.29. The number of fused-ring (bicyclic) bond motifs is 1. The van der Waals surface area contributed by atoms with Gasteiger partial charge in [-0.25, -0.2) is 9.59 Å². The summed E-state index contributed by atoms with van der Waals surface area (Å²) in [5.74, 6) is -6.02. The van der Waals surface area contributed by atoms with Gasteiger partial charge in [-0.15, -0.1) is 0 Å². The van der Waals surface area contributed by atoms with Gasteiger partial charge in [0.1, 0.15) is 30.2 Å². The van der Waals surface area contributed by atoms with Gasteiger partial charge in [0.05, 0.1) is 17.7 Å². The Bertz CT molecular complexity index is 2450. The molecule has 1 aromatic heterocycles. The first-order valence-electron chi connectivity index (χ1n) is 25.2. The van der Waals surface area contributed by atoms with Gasteiger partial charge in [0.25, 0.3) is 0 Å². The van der Waals surface area contributed by atoms with Crippen molar-refractivity contribution >= 4 is 52.4 Å². The number of carboxylic acids is 1. The van der Waals surface area contributed by atoms with Gasteiger partial charge in [-0.05, 0) is 85.6 Å². The van der Waals surface area contributed by atoms with Crippen molar-refractivity contribution < 1.29 is 56.6 Å². The second kappa shape index (κ2) is 27.7. The summed E-state index contributed by atoms with van der Waals surface area (Å²) in [5, 5.41) is 25.0. The van der Waals surface area contributed by atoms with Crippen LogP contribution in [0.1, 0.15) is 118 Å². The predicted molar refractivity (Wildman–Crippen MR) is 274 cm³/mol. The SMILES string of the molecule is CC(C)C[C@H](NC(=O)[C@H](Cc1cn(Cc2ccc(C(F)(F)F)cc2)c2ccccc12)N(C)C(=O)[C@H](CC(C)C)NC(=O)[C@H](CC(C)C)N(C)C(=O)[C@@H](N)CC(C)C)C(=O)N(C)[C@@H](C)C(=O)O[C@H](CCC#N)C(=O)O. The molecule has 5 amide bonds. The lowest BCUT2D eigenvalue weighted by atomic mass is 9.96. The summed E-state index contributed by atoms with van der Waals surface area (Å²) in [6.45, 7) is 16.5. The monoisotopic (exact) mass is 1040 g/mol. The number of nitriles is 1. The molecule has 0 aliphatic carbocycles. The number of hydrogen-bond donors (Lipinski definition) is 4. The lowest BCUT2D eigenvalue weighted by molar-refractivity contribution is -0.169. The van der Waals surface area contributed by atoms with E-state index in [0.717, 1.165) is 17.0 Å². The van der Waals surface area contributed by atoms with Gasteiger partial charge in [0.2, 0.25) is 29.5 Å². The number of halogens is 3. The Kier molecular flexibility index (Phi) is 23.1. The molecule has 5 N–H and O–H groups in total. The zero-order valence-electron chi connectivity index (χ0n) is 44.9. The second-order valence-electron chi connectivity index (χ2n) is 21.0. The summed E-state index contributed by atoms with van der Waals surface area (Å²) >= 11 is 0. The Morgan fingerprint density at radius 1 is 0.716 bits per heavy atom. The number of rotatable bonds is 27. The van der Waals surface area contributed by atoms with Crippen LogP contribution in [0.5, 0.6) is 0 Å². The molecule has 0 aliphatic heterocycles. The van der Waals surface area contributed by atoms with E-state index in [4.69, 9.17) is 15.7 Å². The third-order valence-electron chi connectivity index (χ3n) is 12.9. The smallest absolute Gasteiger partial charge is 0.416 e. The number of benzene rings is 2. The number of hydrogen-bond acceptors (Lipinski definition) is 10. The summed E-state index contributed by atoms with van der Waals surface area (Å²) in [7, 11) is 4.22.